The van der Waals surface area contributed by atoms with Crippen molar-refractivity contribution in [2.75, 3.05) is 4.90 Å². The smallest absolute Gasteiger partial charge is 0.0465 e. The van der Waals surface area contributed by atoms with Crippen molar-refractivity contribution < 1.29 is 0 Å². The van der Waals surface area contributed by atoms with Gasteiger partial charge in [0.15, 0.2) is 0 Å². The third-order valence-corrected chi connectivity index (χ3v) is 14.2. The van der Waals surface area contributed by atoms with Crippen LogP contribution in [0.15, 0.2) is 127 Å². The average Bonchev–Trinajstić information content (AvgIpc) is 3.62. The summed E-state index contributed by atoms with van der Waals surface area (Å²) >= 11 is 0. The SMILES string of the molecule is CC1(C)c2ccccc2-c2cccc(-c3cccc4c3C(C)(C)c3cc(N(c5ccc(C6CCCCC6)cc5)c5ccc(C6CCCCC6)cc5)ccc3-4)c21. The third kappa shape index (κ3) is 5.63. The van der Waals surface area contributed by atoms with Crippen LogP contribution in [0.1, 0.15) is 137 Å². The molecule has 55 heavy (non-hydrogen) atoms. The molecule has 1 heteroatoms. The van der Waals surface area contributed by atoms with Crippen LogP contribution in [0.25, 0.3) is 33.4 Å². The van der Waals surface area contributed by atoms with Crippen molar-refractivity contribution in [2.45, 2.75) is 115 Å². The minimum absolute atomic E-state index is 0.0758. The molecule has 10 rings (SSSR count). The summed E-state index contributed by atoms with van der Waals surface area (Å²) in [5.74, 6) is 1.40. The Morgan fingerprint density at radius 1 is 0.382 bits per heavy atom. The lowest BCUT2D eigenvalue weighted by molar-refractivity contribution is 0.443. The highest BCUT2D eigenvalue weighted by molar-refractivity contribution is 5.94. The molecular formula is C54H55N. The summed E-state index contributed by atoms with van der Waals surface area (Å²) in [6, 6.07) is 49.6. The van der Waals surface area contributed by atoms with Gasteiger partial charge in [-0.1, -0.05) is 157 Å². The Balaban J connectivity index is 1.07. The molecule has 0 unspecified atom stereocenters. The molecule has 0 N–H and O–H groups in total. The van der Waals surface area contributed by atoms with Crippen LogP contribution in [0.2, 0.25) is 0 Å². The van der Waals surface area contributed by atoms with Crippen molar-refractivity contribution in [1.29, 1.82) is 0 Å². The van der Waals surface area contributed by atoms with E-state index in [1.165, 1.54) is 148 Å². The van der Waals surface area contributed by atoms with Crippen molar-refractivity contribution in [1.82, 2.24) is 0 Å². The maximum Gasteiger partial charge on any atom is 0.0465 e. The minimum atomic E-state index is -0.184. The van der Waals surface area contributed by atoms with Gasteiger partial charge in [0.1, 0.15) is 0 Å². The Hall–Kier alpha value is -4.88. The van der Waals surface area contributed by atoms with Crippen LogP contribution in [0.3, 0.4) is 0 Å². The van der Waals surface area contributed by atoms with Gasteiger partial charge in [-0.25, -0.2) is 0 Å². The van der Waals surface area contributed by atoms with E-state index in [9.17, 15) is 0 Å². The standard InChI is InChI=1S/C54H55N/c1-53(2)49-24-12-11-19-43(49)45-20-13-22-47(51(45)53)48-23-14-21-46-44-34-33-42(35-50(44)54(3,4)52(46)48)55(40-29-25-38(26-30-40)36-15-7-5-8-16-36)41-31-27-39(28-32-41)37-17-9-6-10-18-37/h11-14,19-37H,5-10,15-18H2,1-4H3. The van der Waals surface area contributed by atoms with Crippen molar-refractivity contribution >= 4 is 17.1 Å². The minimum Gasteiger partial charge on any atom is -0.310 e. The van der Waals surface area contributed by atoms with Crippen LogP contribution in [0.4, 0.5) is 17.1 Å². The summed E-state index contributed by atoms with van der Waals surface area (Å²) < 4.78 is 0. The largest absolute Gasteiger partial charge is 0.310 e. The molecule has 0 heterocycles. The Labute approximate surface area is 329 Å². The molecule has 4 aliphatic rings. The molecule has 0 saturated heterocycles. The molecule has 276 valence electrons. The average molecular weight is 718 g/mol. The van der Waals surface area contributed by atoms with E-state index in [1.54, 1.807) is 0 Å². The van der Waals surface area contributed by atoms with Gasteiger partial charge in [-0.15, -0.1) is 0 Å². The van der Waals surface area contributed by atoms with Crippen LogP contribution in [0.5, 0.6) is 0 Å². The molecule has 2 saturated carbocycles. The molecule has 0 spiro atoms. The molecule has 6 aromatic rings. The molecule has 0 radical (unpaired) electrons. The van der Waals surface area contributed by atoms with Crippen molar-refractivity contribution in [3.8, 4) is 33.4 Å². The van der Waals surface area contributed by atoms with E-state index >= 15 is 0 Å². The summed E-state index contributed by atoms with van der Waals surface area (Å²) in [5, 5.41) is 0. The zero-order chi connectivity index (χ0) is 37.3. The molecule has 0 atom stereocenters. The van der Waals surface area contributed by atoms with Crippen LogP contribution in [-0.2, 0) is 10.8 Å². The fourth-order valence-electron chi connectivity index (χ4n) is 11.4. The Morgan fingerprint density at radius 2 is 0.782 bits per heavy atom. The predicted molar refractivity (Wildman–Crippen MR) is 233 cm³/mol. The lowest BCUT2D eigenvalue weighted by Gasteiger charge is -2.30. The first-order chi connectivity index (χ1) is 26.8. The lowest BCUT2D eigenvalue weighted by atomic mass is 9.74. The number of fused-ring (bicyclic) bond motifs is 6. The first kappa shape index (κ1) is 34.6. The highest BCUT2D eigenvalue weighted by Crippen LogP contribution is 2.57. The van der Waals surface area contributed by atoms with Gasteiger partial charge >= 0.3 is 0 Å². The second kappa shape index (κ2) is 13.4. The van der Waals surface area contributed by atoms with E-state index in [1.807, 2.05) is 0 Å². The van der Waals surface area contributed by atoms with Gasteiger partial charge in [0.2, 0.25) is 0 Å². The molecule has 2 fully saturated rings. The van der Waals surface area contributed by atoms with Crippen molar-refractivity contribution in [3.63, 3.8) is 0 Å². The normalized spacial score (nSPS) is 18.3. The molecule has 1 nitrogen and oxygen atoms in total. The Kier molecular flexibility index (Phi) is 8.43. The summed E-state index contributed by atoms with van der Waals surface area (Å²) in [6.07, 6.45) is 13.5. The quantitative estimate of drug-likeness (QED) is 0.166. The van der Waals surface area contributed by atoms with E-state index in [0.29, 0.717) is 11.8 Å². The van der Waals surface area contributed by atoms with E-state index in [2.05, 4.69) is 160 Å². The Morgan fingerprint density at radius 3 is 1.29 bits per heavy atom. The molecule has 6 aromatic carbocycles. The molecular weight excluding hydrogens is 663 g/mol. The van der Waals surface area contributed by atoms with Gasteiger partial charge in [0.25, 0.3) is 0 Å². The summed E-state index contributed by atoms with van der Waals surface area (Å²) in [5.41, 5.74) is 20.4. The lowest BCUT2D eigenvalue weighted by Crippen LogP contribution is -2.19. The number of benzene rings is 6. The first-order valence-corrected chi connectivity index (χ1v) is 21.3. The summed E-state index contributed by atoms with van der Waals surface area (Å²) in [4.78, 5) is 2.51. The van der Waals surface area contributed by atoms with Gasteiger partial charge in [-0.2, -0.15) is 0 Å². The van der Waals surface area contributed by atoms with E-state index in [-0.39, 0.29) is 10.8 Å². The van der Waals surface area contributed by atoms with Crippen LogP contribution in [0, 0.1) is 0 Å². The second-order valence-electron chi connectivity index (χ2n) is 18.2. The molecule has 0 bridgehead atoms. The molecule has 0 amide bonds. The van der Waals surface area contributed by atoms with Gasteiger partial charge in [-0.05, 0) is 141 Å². The van der Waals surface area contributed by atoms with Gasteiger partial charge in [0, 0.05) is 27.9 Å². The number of anilines is 3. The Bertz CT molecular complexity index is 2320. The maximum absolute atomic E-state index is 2.51. The third-order valence-electron chi connectivity index (χ3n) is 14.2. The zero-order valence-corrected chi connectivity index (χ0v) is 33.3. The highest BCUT2D eigenvalue weighted by atomic mass is 15.1. The van der Waals surface area contributed by atoms with E-state index in [0.717, 1.165) is 0 Å². The van der Waals surface area contributed by atoms with E-state index in [4.69, 9.17) is 0 Å². The summed E-state index contributed by atoms with van der Waals surface area (Å²) in [6.45, 7) is 9.73. The van der Waals surface area contributed by atoms with Crippen LogP contribution >= 0.6 is 0 Å². The predicted octanol–water partition coefficient (Wildman–Crippen LogP) is 15.5. The van der Waals surface area contributed by atoms with Gasteiger partial charge in [0.05, 0.1) is 0 Å². The van der Waals surface area contributed by atoms with Crippen LogP contribution < -0.4 is 4.90 Å². The van der Waals surface area contributed by atoms with E-state index < -0.39 is 0 Å². The number of hydrogen-bond donors (Lipinski definition) is 0. The zero-order valence-electron chi connectivity index (χ0n) is 33.3. The molecule has 0 aliphatic heterocycles. The van der Waals surface area contributed by atoms with Gasteiger partial charge in [-0.3, -0.25) is 0 Å². The number of hydrogen-bond acceptors (Lipinski definition) is 1. The summed E-state index contributed by atoms with van der Waals surface area (Å²) in [7, 11) is 0. The topological polar surface area (TPSA) is 3.24 Å². The number of nitrogens with zero attached hydrogens (tertiary/aromatic N) is 1. The monoisotopic (exact) mass is 717 g/mol. The first-order valence-electron chi connectivity index (χ1n) is 21.3. The highest BCUT2D eigenvalue weighted by Gasteiger charge is 2.41. The number of rotatable bonds is 6. The van der Waals surface area contributed by atoms with Crippen molar-refractivity contribution in [3.05, 3.63) is 161 Å². The second-order valence-corrected chi connectivity index (χ2v) is 18.2. The molecule has 0 aromatic heterocycles. The fraction of sp³-hybridized carbons (Fsp3) is 0.333. The maximum atomic E-state index is 2.51. The van der Waals surface area contributed by atoms with Crippen LogP contribution in [-0.4, -0.2) is 0 Å². The fourth-order valence-corrected chi connectivity index (χ4v) is 11.4. The van der Waals surface area contributed by atoms with Crippen molar-refractivity contribution in [2.24, 2.45) is 0 Å². The van der Waals surface area contributed by atoms with Gasteiger partial charge < -0.3 is 4.90 Å². The molecule has 4 aliphatic carbocycles.